The van der Waals surface area contributed by atoms with E-state index in [0.717, 1.165) is 42.4 Å². The standard InChI is InChI=1S/C15H21N5/c1-4-13-19-14(16-3)11(2)15(20-13)18-10-7-12-5-8-17-9-6-12/h5-6,8-9H,4,7,10H2,1-3H3,(H2,16,18,19,20). The number of aromatic nitrogens is 3. The summed E-state index contributed by atoms with van der Waals surface area (Å²) in [5.74, 6) is 2.66. The van der Waals surface area contributed by atoms with Crippen molar-refractivity contribution in [3.8, 4) is 0 Å². The maximum absolute atomic E-state index is 4.56. The van der Waals surface area contributed by atoms with Crippen LogP contribution in [0.4, 0.5) is 11.6 Å². The molecular weight excluding hydrogens is 250 g/mol. The molecule has 2 heterocycles. The Balaban J connectivity index is 2.05. The van der Waals surface area contributed by atoms with Gasteiger partial charge in [0.2, 0.25) is 0 Å². The molecule has 5 nitrogen and oxygen atoms in total. The van der Waals surface area contributed by atoms with Crippen LogP contribution in [0.25, 0.3) is 0 Å². The van der Waals surface area contributed by atoms with E-state index in [9.17, 15) is 0 Å². The quantitative estimate of drug-likeness (QED) is 0.845. The minimum Gasteiger partial charge on any atom is -0.373 e. The summed E-state index contributed by atoms with van der Waals surface area (Å²) in [7, 11) is 1.88. The second-order valence-corrected chi connectivity index (χ2v) is 4.60. The minimum absolute atomic E-state index is 0.827. The monoisotopic (exact) mass is 271 g/mol. The zero-order valence-electron chi connectivity index (χ0n) is 12.3. The largest absolute Gasteiger partial charge is 0.373 e. The van der Waals surface area contributed by atoms with E-state index < -0.39 is 0 Å². The van der Waals surface area contributed by atoms with Crippen molar-refractivity contribution in [3.05, 3.63) is 41.5 Å². The number of pyridine rings is 1. The molecule has 0 fully saturated rings. The highest BCUT2D eigenvalue weighted by Crippen LogP contribution is 2.19. The summed E-state index contributed by atoms with van der Waals surface area (Å²) in [6.07, 6.45) is 5.41. The Morgan fingerprint density at radius 2 is 1.80 bits per heavy atom. The van der Waals surface area contributed by atoms with Gasteiger partial charge in [-0.15, -0.1) is 0 Å². The van der Waals surface area contributed by atoms with Crippen LogP contribution in [0.2, 0.25) is 0 Å². The molecule has 0 aliphatic carbocycles. The predicted octanol–water partition coefficient (Wildman–Crippen LogP) is 2.44. The van der Waals surface area contributed by atoms with Gasteiger partial charge in [-0.1, -0.05) is 6.92 Å². The molecule has 5 heteroatoms. The van der Waals surface area contributed by atoms with Gasteiger partial charge in [0.25, 0.3) is 0 Å². The molecule has 0 aliphatic heterocycles. The van der Waals surface area contributed by atoms with Crippen molar-refractivity contribution in [1.29, 1.82) is 0 Å². The first-order chi connectivity index (χ1) is 9.74. The lowest BCUT2D eigenvalue weighted by Gasteiger charge is -2.13. The molecule has 0 spiro atoms. The Bertz CT molecular complexity index is 554. The highest BCUT2D eigenvalue weighted by atomic mass is 15.1. The van der Waals surface area contributed by atoms with E-state index >= 15 is 0 Å². The van der Waals surface area contributed by atoms with Crippen LogP contribution < -0.4 is 10.6 Å². The van der Waals surface area contributed by atoms with Crippen LogP contribution in [-0.2, 0) is 12.8 Å². The average molecular weight is 271 g/mol. The number of aryl methyl sites for hydroxylation is 1. The first-order valence-corrected chi connectivity index (χ1v) is 6.92. The normalized spacial score (nSPS) is 10.3. The zero-order chi connectivity index (χ0) is 14.4. The molecule has 2 aromatic rings. The molecule has 0 aliphatic rings. The molecular formula is C15H21N5. The van der Waals surface area contributed by atoms with E-state index in [-0.39, 0.29) is 0 Å². The van der Waals surface area contributed by atoms with Crippen molar-refractivity contribution in [2.75, 3.05) is 24.2 Å². The molecule has 0 radical (unpaired) electrons. The number of anilines is 2. The van der Waals surface area contributed by atoms with Crippen molar-refractivity contribution in [1.82, 2.24) is 15.0 Å². The van der Waals surface area contributed by atoms with Crippen molar-refractivity contribution in [2.45, 2.75) is 26.7 Å². The van der Waals surface area contributed by atoms with Crippen molar-refractivity contribution >= 4 is 11.6 Å². The Morgan fingerprint density at radius 1 is 1.10 bits per heavy atom. The van der Waals surface area contributed by atoms with Gasteiger partial charge in [0.15, 0.2) is 0 Å². The Labute approximate surface area is 119 Å². The van der Waals surface area contributed by atoms with Gasteiger partial charge in [-0.3, -0.25) is 4.98 Å². The fraction of sp³-hybridized carbons (Fsp3) is 0.400. The first kappa shape index (κ1) is 14.2. The summed E-state index contributed by atoms with van der Waals surface area (Å²) >= 11 is 0. The van der Waals surface area contributed by atoms with Crippen LogP contribution in [0.1, 0.15) is 23.9 Å². The molecule has 0 saturated carbocycles. The van der Waals surface area contributed by atoms with Crippen molar-refractivity contribution < 1.29 is 0 Å². The third kappa shape index (κ3) is 3.44. The van der Waals surface area contributed by atoms with Gasteiger partial charge < -0.3 is 10.6 Å². The lowest BCUT2D eigenvalue weighted by atomic mass is 10.2. The number of nitrogens with zero attached hydrogens (tertiary/aromatic N) is 3. The average Bonchev–Trinajstić information content (AvgIpc) is 2.50. The summed E-state index contributed by atoms with van der Waals surface area (Å²) < 4.78 is 0. The lowest BCUT2D eigenvalue weighted by Crippen LogP contribution is -2.11. The maximum atomic E-state index is 4.56. The molecule has 2 rings (SSSR count). The van der Waals surface area contributed by atoms with Gasteiger partial charge in [-0.25, -0.2) is 9.97 Å². The molecule has 0 bridgehead atoms. The lowest BCUT2D eigenvalue weighted by molar-refractivity contribution is 0.916. The summed E-state index contributed by atoms with van der Waals surface area (Å²) in [6, 6.07) is 4.07. The van der Waals surface area contributed by atoms with Crippen molar-refractivity contribution in [2.24, 2.45) is 0 Å². The van der Waals surface area contributed by atoms with Gasteiger partial charge in [0, 0.05) is 38.0 Å². The second kappa shape index (κ2) is 6.84. The van der Waals surface area contributed by atoms with Crippen molar-refractivity contribution in [3.63, 3.8) is 0 Å². The van der Waals surface area contributed by atoms with E-state index in [4.69, 9.17) is 0 Å². The molecule has 0 atom stereocenters. The van der Waals surface area contributed by atoms with Crippen LogP contribution in [0.3, 0.4) is 0 Å². The highest BCUT2D eigenvalue weighted by Gasteiger charge is 2.08. The Hall–Kier alpha value is -2.17. The SMILES string of the molecule is CCc1nc(NC)c(C)c(NCCc2ccncc2)n1. The number of nitrogens with one attached hydrogen (secondary N) is 2. The van der Waals surface area contributed by atoms with Gasteiger partial charge in [0.1, 0.15) is 17.5 Å². The van der Waals surface area contributed by atoms with Crippen LogP contribution in [-0.4, -0.2) is 28.5 Å². The van der Waals surface area contributed by atoms with Gasteiger partial charge in [0.05, 0.1) is 0 Å². The van der Waals surface area contributed by atoms with Gasteiger partial charge in [-0.05, 0) is 31.0 Å². The third-order valence-corrected chi connectivity index (χ3v) is 3.20. The van der Waals surface area contributed by atoms with E-state index in [1.807, 2.05) is 38.5 Å². The molecule has 2 aromatic heterocycles. The molecule has 0 saturated heterocycles. The number of hydrogen-bond acceptors (Lipinski definition) is 5. The fourth-order valence-corrected chi connectivity index (χ4v) is 2.01. The van der Waals surface area contributed by atoms with Gasteiger partial charge in [-0.2, -0.15) is 0 Å². The van der Waals surface area contributed by atoms with Crippen LogP contribution in [0, 0.1) is 6.92 Å². The van der Waals surface area contributed by atoms with Gasteiger partial charge >= 0.3 is 0 Å². The smallest absolute Gasteiger partial charge is 0.134 e. The van der Waals surface area contributed by atoms with E-state index in [1.165, 1.54) is 5.56 Å². The highest BCUT2D eigenvalue weighted by molar-refractivity contribution is 5.57. The molecule has 20 heavy (non-hydrogen) atoms. The van der Waals surface area contributed by atoms with Crippen LogP contribution in [0.5, 0.6) is 0 Å². The fourth-order valence-electron chi connectivity index (χ4n) is 2.01. The Kier molecular flexibility index (Phi) is 4.87. The van der Waals surface area contributed by atoms with E-state index in [1.54, 1.807) is 0 Å². The summed E-state index contributed by atoms with van der Waals surface area (Å²) in [6.45, 7) is 4.93. The predicted molar refractivity (Wildman–Crippen MR) is 82.1 cm³/mol. The molecule has 0 amide bonds. The van der Waals surface area contributed by atoms with Crippen LogP contribution >= 0.6 is 0 Å². The molecule has 0 aromatic carbocycles. The number of rotatable bonds is 6. The molecule has 106 valence electrons. The summed E-state index contributed by atoms with van der Waals surface area (Å²) in [5.41, 5.74) is 2.32. The first-order valence-electron chi connectivity index (χ1n) is 6.92. The molecule has 0 unspecified atom stereocenters. The maximum Gasteiger partial charge on any atom is 0.134 e. The summed E-state index contributed by atoms with van der Waals surface area (Å²) in [4.78, 5) is 13.0. The van der Waals surface area contributed by atoms with Crippen LogP contribution in [0.15, 0.2) is 24.5 Å². The number of hydrogen-bond donors (Lipinski definition) is 2. The molecule has 2 N–H and O–H groups in total. The summed E-state index contributed by atoms with van der Waals surface area (Å²) in [5, 5.41) is 6.52. The zero-order valence-corrected chi connectivity index (χ0v) is 12.3. The second-order valence-electron chi connectivity index (χ2n) is 4.60. The Morgan fingerprint density at radius 3 is 2.45 bits per heavy atom. The topological polar surface area (TPSA) is 62.7 Å². The van der Waals surface area contributed by atoms with E-state index in [0.29, 0.717) is 0 Å². The van der Waals surface area contributed by atoms with E-state index in [2.05, 4.69) is 32.5 Å². The third-order valence-electron chi connectivity index (χ3n) is 3.20. The minimum atomic E-state index is 0.827.